The van der Waals surface area contributed by atoms with E-state index in [2.05, 4.69) is 5.32 Å². The van der Waals surface area contributed by atoms with Crippen molar-refractivity contribution in [2.45, 2.75) is 25.3 Å². The molecule has 25 heavy (non-hydrogen) atoms. The molecule has 0 spiro atoms. The van der Waals surface area contributed by atoms with Gasteiger partial charge in [-0.1, -0.05) is 42.5 Å². The molecule has 1 amide bonds. The number of carboxylic acids is 2. The van der Waals surface area contributed by atoms with Gasteiger partial charge in [0.1, 0.15) is 6.04 Å². The summed E-state index contributed by atoms with van der Waals surface area (Å²) in [4.78, 5) is 34.1. The number of carbonyl (C=O) groups excluding carboxylic acids is 1. The Morgan fingerprint density at radius 1 is 0.880 bits per heavy atom. The topological polar surface area (TPSA) is 104 Å². The van der Waals surface area contributed by atoms with Crippen molar-refractivity contribution < 1.29 is 24.6 Å². The largest absolute Gasteiger partial charge is 0.481 e. The van der Waals surface area contributed by atoms with Crippen LogP contribution in [0.3, 0.4) is 0 Å². The molecule has 0 aliphatic heterocycles. The number of hydrogen-bond acceptors (Lipinski definition) is 3. The molecule has 3 N–H and O–H groups in total. The van der Waals surface area contributed by atoms with E-state index in [-0.39, 0.29) is 12.8 Å². The van der Waals surface area contributed by atoms with Crippen LogP contribution in [0.25, 0.3) is 0 Å². The molecular weight excluding hydrogens is 322 g/mol. The van der Waals surface area contributed by atoms with Crippen molar-refractivity contribution in [2.24, 2.45) is 0 Å². The lowest BCUT2D eigenvalue weighted by Gasteiger charge is -2.15. The summed E-state index contributed by atoms with van der Waals surface area (Å²) in [7, 11) is 0. The molecule has 0 radical (unpaired) electrons. The van der Waals surface area contributed by atoms with E-state index < -0.39 is 23.9 Å². The molecule has 0 aliphatic rings. The summed E-state index contributed by atoms with van der Waals surface area (Å²) in [6.45, 7) is 0. The van der Waals surface area contributed by atoms with Crippen LogP contribution in [0.2, 0.25) is 0 Å². The Balaban J connectivity index is 2.00. The lowest BCUT2D eigenvalue weighted by atomic mass is 10.0. The standard InChI is InChI=1S/C19H19NO5/c21-17(22)11-10-13-6-8-14(9-7-13)12-16(19(24)25)20-18(23)15-4-2-1-3-5-15/h1-9,16H,10-12H2,(H,20,23)(H,21,22)(H,24,25)/t16-/m0/s1. The Morgan fingerprint density at radius 2 is 1.48 bits per heavy atom. The second-order valence-electron chi connectivity index (χ2n) is 5.64. The summed E-state index contributed by atoms with van der Waals surface area (Å²) < 4.78 is 0. The van der Waals surface area contributed by atoms with Gasteiger partial charge in [-0.2, -0.15) is 0 Å². The number of amides is 1. The highest BCUT2D eigenvalue weighted by Crippen LogP contribution is 2.10. The van der Waals surface area contributed by atoms with Gasteiger partial charge in [0.2, 0.25) is 0 Å². The van der Waals surface area contributed by atoms with E-state index in [4.69, 9.17) is 5.11 Å². The maximum absolute atomic E-state index is 12.1. The van der Waals surface area contributed by atoms with Gasteiger partial charge in [-0.05, 0) is 29.7 Å². The molecule has 6 heteroatoms. The number of rotatable bonds is 8. The predicted molar refractivity (Wildman–Crippen MR) is 91.4 cm³/mol. The zero-order valence-electron chi connectivity index (χ0n) is 13.5. The number of carboxylic acid groups (broad SMARTS) is 2. The van der Waals surface area contributed by atoms with Gasteiger partial charge in [0.15, 0.2) is 0 Å². The third-order valence-electron chi connectivity index (χ3n) is 3.73. The highest BCUT2D eigenvalue weighted by Gasteiger charge is 2.21. The zero-order valence-corrected chi connectivity index (χ0v) is 13.5. The fourth-order valence-corrected chi connectivity index (χ4v) is 2.36. The Hall–Kier alpha value is -3.15. The van der Waals surface area contributed by atoms with Crippen molar-refractivity contribution in [1.82, 2.24) is 5.32 Å². The minimum absolute atomic E-state index is 0.0459. The van der Waals surface area contributed by atoms with E-state index in [1.807, 2.05) is 0 Å². The van der Waals surface area contributed by atoms with E-state index in [0.717, 1.165) is 11.1 Å². The highest BCUT2D eigenvalue weighted by molar-refractivity contribution is 5.96. The third-order valence-corrected chi connectivity index (χ3v) is 3.73. The van der Waals surface area contributed by atoms with Crippen LogP contribution in [0, 0.1) is 0 Å². The molecule has 130 valence electrons. The number of nitrogens with one attached hydrogen (secondary N) is 1. The van der Waals surface area contributed by atoms with E-state index in [1.54, 1.807) is 54.6 Å². The van der Waals surface area contributed by atoms with E-state index in [9.17, 15) is 19.5 Å². The smallest absolute Gasteiger partial charge is 0.326 e. The average molecular weight is 341 g/mol. The Morgan fingerprint density at radius 3 is 2.04 bits per heavy atom. The van der Waals surface area contributed by atoms with Crippen LogP contribution >= 0.6 is 0 Å². The first-order valence-electron chi connectivity index (χ1n) is 7.84. The second kappa shape index (κ2) is 8.63. The van der Waals surface area contributed by atoms with Crippen LogP contribution in [0.1, 0.15) is 27.9 Å². The normalized spacial score (nSPS) is 11.5. The van der Waals surface area contributed by atoms with Gasteiger partial charge < -0.3 is 15.5 Å². The molecule has 0 unspecified atom stereocenters. The van der Waals surface area contributed by atoms with Gasteiger partial charge in [-0.15, -0.1) is 0 Å². The maximum atomic E-state index is 12.1. The summed E-state index contributed by atoms with van der Waals surface area (Å²) in [5.41, 5.74) is 2.02. The summed E-state index contributed by atoms with van der Waals surface area (Å²) in [5.74, 6) is -2.41. The minimum atomic E-state index is -1.11. The molecule has 1 atom stereocenters. The predicted octanol–water partition coefficient (Wildman–Crippen LogP) is 2.13. The molecular formula is C19H19NO5. The summed E-state index contributed by atoms with van der Waals surface area (Å²) in [5, 5.41) is 20.6. The fraction of sp³-hybridized carbons (Fsp3) is 0.211. The van der Waals surface area contributed by atoms with Crippen LogP contribution < -0.4 is 5.32 Å². The molecule has 2 aromatic carbocycles. The van der Waals surface area contributed by atoms with Crippen LogP contribution in [-0.2, 0) is 22.4 Å². The number of carbonyl (C=O) groups is 3. The van der Waals surface area contributed by atoms with Crippen molar-refractivity contribution in [1.29, 1.82) is 0 Å². The third kappa shape index (κ3) is 5.76. The van der Waals surface area contributed by atoms with Gasteiger partial charge >= 0.3 is 11.9 Å². The van der Waals surface area contributed by atoms with Gasteiger partial charge in [-0.3, -0.25) is 9.59 Å². The molecule has 2 rings (SSSR count). The van der Waals surface area contributed by atoms with Gasteiger partial charge in [0, 0.05) is 18.4 Å². The lowest BCUT2D eigenvalue weighted by Crippen LogP contribution is -2.42. The van der Waals surface area contributed by atoms with Crippen molar-refractivity contribution in [3.8, 4) is 0 Å². The second-order valence-corrected chi connectivity index (χ2v) is 5.64. The van der Waals surface area contributed by atoms with Gasteiger partial charge in [0.25, 0.3) is 5.91 Å². The van der Waals surface area contributed by atoms with Crippen molar-refractivity contribution in [3.63, 3.8) is 0 Å². The Kier molecular flexibility index (Phi) is 6.28. The van der Waals surface area contributed by atoms with Crippen LogP contribution in [0.15, 0.2) is 54.6 Å². The lowest BCUT2D eigenvalue weighted by molar-refractivity contribution is -0.139. The van der Waals surface area contributed by atoms with E-state index in [1.165, 1.54) is 0 Å². The molecule has 0 bridgehead atoms. The molecule has 6 nitrogen and oxygen atoms in total. The number of benzene rings is 2. The highest BCUT2D eigenvalue weighted by atomic mass is 16.4. The van der Waals surface area contributed by atoms with Crippen molar-refractivity contribution >= 4 is 17.8 Å². The summed E-state index contributed by atoms with van der Waals surface area (Å²) >= 11 is 0. The number of aryl methyl sites for hydroxylation is 1. The fourth-order valence-electron chi connectivity index (χ4n) is 2.36. The number of aliphatic carboxylic acids is 2. The van der Waals surface area contributed by atoms with Crippen LogP contribution in [0.5, 0.6) is 0 Å². The first-order valence-corrected chi connectivity index (χ1v) is 7.84. The first kappa shape index (κ1) is 18.2. The number of hydrogen-bond donors (Lipinski definition) is 3. The van der Waals surface area contributed by atoms with Crippen molar-refractivity contribution in [2.75, 3.05) is 0 Å². The SMILES string of the molecule is O=C(O)CCc1ccc(C[C@H](NC(=O)c2ccccc2)C(=O)O)cc1. The molecule has 0 saturated carbocycles. The first-order chi connectivity index (χ1) is 12.0. The average Bonchev–Trinajstić information content (AvgIpc) is 2.61. The Bertz CT molecular complexity index is 740. The molecule has 2 aromatic rings. The molecule has 0 aliphatic carbocycles. The van der Waals surface area contributed by atoms with E-state index in [0.29, 0.717) is 12.0 Å². The quantitative estimate of drug-likeness (QED) is 0.682. The van der Waals surface area contributed by atoms with Crippen LogP contribution in [0.4, 0.5) is 0 Å². The zero-order chi connectivity index (χ0) is 18.2. The summed E-state index contributed by atoms with van der Waals surface area (Å²) in [6, 6.07) is 14.4. The Labute approximate surface area is 145 Å². The van der Waals surface area contributed by atoms with E-state index >= 15 is 0 Å². The molecule has 0 heterocycles. The molecule has 0 saturated heterocycles. The molecule has 0 fully saturated rings. The minimum Gasteiger partial charge on any atom is -0.481 e. The monoisotopic (exact) mass is 341 g/mol. The van der Waals surface area contributed by atoms with Gasteiger partial charge in [0.05, 0.1) is 0 Å². The van der Waals surface area contributed by atoms with Crippen molar-refractivity contribution in [3.05, 3.63) is 71.3 Å². The maximum Gasteiger partial charge on any atom is 0.326 e. The summed E-state index contributed by atoms with van der Waals surface area (Å²) in [6.07, 6.45) is 0.611. The van der Waals surface area contributed by atoms with Gasteiger partial charge in [-0.25, -0.2) is 4.79 Å². The molecule has 0 aromatic heterocycles. The van der Waals surface area contributed by atoms with Crippen LogP contribution in [-0.4, -0.2) is 34.1 Å².